The number of morpholine rings is 1. The summed E-state index contributed by atoms with van der Waals surface area (Å²) in [6.45, 7) is 9.26. The molecule has 8 heteroatoms. The van der Waals surface area contributed by atoms with Gasteiger partial charge in [-0.05, 0) is 37.7 Å². The first-order chi connectivity index (χ1) is 12.4. The van der Waals surface area contributed by atoms with Crippen molar-refractivity contribution in [2.75, 3.05) is 52.4 Å². The van der Waals surface area contributed by atoms with Gasteiger partial charge < -0.3 is 14.5 Å². The summed E-state index contributed by atoms with van der Waals surface area (Å²) in [4.78, 5) is 17.0. The van der Waals surface area contributed by atoms with Gasteiger partial charge in [0.05, 0.1) is 17.6 Å². The number of rotatable bonds is 4. The van der Waals surface area contributed by atoms with Crippen LogP contribution in [-0.2, 0) is 14.8 Å². The molecular formula is C18H27N3O4S. The van der Waals surface area contributed by atoms with Crippen molar-refractivity contribution in [3.63, 3.8) is 0 Å². The van der Waals surface area contributed by atoms with Crippen LogP contribution >= 0.6 is 0 Å². The predicted octanol–water partition coefficient (Wildman–Crippen LogP) is 0.874. The van der Waals surface area contributed by atoms with Gasteiger partial charge >= 0.3 is 0 Å². The number of hydrogen-bond donors (Lipinski definition) is 0. The monoisotopic (exact) mass is 381 g/mol. The molecule has 1 amide bonds. The minimum Gasteiger partial charge on any atom is -0.376 e. The molecule has 1 unspecified atom stereocenters. The fraction of sp³-hybridized carbons (Fsp3) is 0.611. The van der Waals surface area contributed by atoms with Gasteiger partial charge in [-0.3, -0.25) is 4.79 Å². The first kappa shape index (κ1) is 19.3. The Labute approximate surface area is 155 Å². The molecule has 1 aromatic rings. The lowest BCUT2D eigenvalue weighted by atomic mass is 10.2. The molecule has 0 spiro atoms. The van der Waals surface area contributed by atoms with E-state index in [2.05, 4.69) is 11.8 Å². The standard InChI is InChI=1S/C18H27N3O4S/c1-3-19-8-10-20(11-9-19)18(22)16-4-6-17(7-5-16)26(23,24)21-12-13-25-15(2)14-21/h4-7,15H,3,8-14H2,1-2H3. The molecule has 2 saturated heterocycles. The van der Waals surface area contributed by atoms with Gasteiger partial charge in [0, 0.05) is 44.8 Å². The molecule has 0 radical (unpaired) electrons. The fourth-order valence-electron chi connectivity index (χ4n) is 3.37. The number of amides is 1. The van der Waals surface area contributed by atoms with E-state index in [4.69, 9.17) is 4.74 Å². The smallest absolute Gasteiger partial charge is 0.253 e. The van der Waals surface area contributed by atoms with E-state index in [1.807, 2.05) is 11.8 Å². The van der Waals surface area contributed by atoms with E-state index in [-0.39, 0.29) is 16.9 Å². The van der Waals surface area contributed by atoms with Gasteiger partial charge in [-0.1, -0.05) is 6.92 Å². The zero-order chi connectivity index (χ0) is 18.7. The third-order valence-corrected chi connectivity index (χ3v) is 6.93. The quantitative estimate of drug-likeness (QED) is 0.774. The molecule has 0 bridgehead atoms. The Bertz CT molecular complexity index is 727. The van der Waals surface area contributed by atoms with Crippen LogP contribution in [0.3, 0.4) is 0 Å². The second-order valence-corrected chi connectivity index (χ2v) is 8.73. The number of hydrogen-bond acceptors (Lipinski definition) is 5. The molecule has 0 saturated carbocycles. The highest BCUT2D eigenvalue weighted by atomic mass is 32.2. The molecule has 7 nitrogen and oxygen atoms in total. The maximum atomic E-state index is 12.8. The van der Waals surface area contributed by atoms with Crippen LogP contribution in [0.2, 0.25) is 0 Å². The third-order valence-electron chi connectivity index (χ3n) is 5.05. The first-order valence-corrected chi connectivity index (χ1v) is 10.6. The van der Waals surface area contributed by atoms with Crippen molar-refractivity contribution in [1.29, 1.82) is 0 Å². The van der Waals surface area contributed by atoms with Gasteiger partial charge in [0.15, 0.2) is 0 Å². The van der Waals surface area contributed by atoms with E-state index < -0.39 is 10.0 Å². The molecule has 144 valence electrons. The van der Waals surface area contributed by atoms with E-state index in [1.54, 1.807) is 12.1 Å². The molecule has 3 rings (SSSR count). The van der Waals surface area contributed by atoms with E-state index in [9.17, 15) is 13.2 Å². The van der Waals surface area contributed by atoms with Crippen LogP contribution in [0.4, 0.5) is 0 Å². The molecular weight excluding hydrogens is 354 g/mol. The van der Waals surface area contributed by atoms with E-state index in [0.29, 0.717) is 38.3 Å². The van der Waals surface area contributed by atoms with E-state index in [1.165, 1.54) is 16.4 Å². The minimum atomic E-state index is -3.55. The van der Waals surface area contributed by atoms with Crippen LogP contribution in [0.25, 0.3) is 0 Å². The van der Waals surface area contributed by atoms with Crippen LogP contribution in [0.5, 0.6) is 0 Å². The molecule has 1 atom stereocenters. The highest BCUT2D eigenvalue weighted by Gasteiger charge is 2.29. The van der Waals surface area contributed by atoms with Gasteiger partial charge in [0.2, 0.25) is 10.0 Å². The number of sulfonamides is 1. The largest absolute Gasteiger partial charge is 0.376 e. The van der Waals surface area contributed by atoms with Crippen molar-refractivity contribution < 1.29 is 17.9 Å². The number of carbonyl (C=O) groups is 1. The Morgan fingerprint density at radius 1 is 1.12 bits per heavy atom. The lowest BCUT2D eigenvalue weighted by Gasteiger charge is -2.34. The van der Waals surface area contributed by atoms with Crippen molar-refractivity contribution in [1.82, 2.24) is 14.1 Å². The SMILES string of the molecule is CCN1CCN(C(=O)c2ccc(S(=O)(=O)N3CCOC(C)C3)cc2)CC1. The Kier molecular flexibility index (Phi) is 5.96. The summed E-state index contributed by atoms with van der Waals surface area (Å²) >= 11 is 0. The lowest BCUT2D eigenvalue weighted by molar-refractivity contribution is 0.0102. The van der Waals surface area contributed by atoms with Crippen molar-refractivity contribution in [3.8, 4) is 0 Å². The normalized spacial score (nSPS) is 23.2. The minimum absolute atomic E-state index is 0.0373. The number of nitrogens with zero attached hydrogens (tertiary/aromatic N) is 3. The van der Waals surface area contributed by atoms with Gasteiger partial charge in [-0.25, -0.2) is 8.42 Å². The average Bonchev–Trinajstić information content (AvgIpc) is 2.67. The molecule has 2 fully saturated rings. The summed E-state index contributed by atoms with van der Waals surface area (Å²) in [5.74, 6) is -0.0373. The Morgan fingerprint density at radius 3 is 2.35 bits per heavy atom. The summed E-state index contributed by atoms with van der Waals surface area (Å²) in [6.07, 6.45) is -0.110. The Hall–Kier alpha value is -1.48. The van der Waals surface area contributed by atoms with Crippen molar-refractivity contribution in [2.45, 2.75) is 24.8 Å². The maximum Gasteiger partial charge on any atom is 0.253 e. The fourth-order valence-corrected chi connectivity index (χ4v) is 4.87. The molecule has 1 aromatic carbocycles. The summed E-state index contributed by atoms with van der Waals surface area (Å²) in [5.41, 5.74) is 0.532. The Morgan fingerprint density at radius 2 is 1.77 bits per heavy atom. The zero-order valence-corrected chi connectivity index (χ0v) is 16.2. The number of benzene rings is 1. The van der Waals surface area contributed by atoms with Crippen LogP contribution in [0, 0.1) is 0 Å². The molecule has 26 heavy (non-hydrogen) atoms. The number of ether oxygens (including phenoxy) is 1. The molecule has 2 aliphatic rings. The topological polar surface area (TPSA) is 70.2 Å². The maximum absolute atomic E-state index is 12.8. The van der Waals surface area contributed by atoms with Crippen molar-refractivity contribution in [3.05, 3.63) is 29.8 Å². The van der Waals surface area contributed by atoms with Crippen molar-refractivity contribution in [2.24, 2.45) is 0 Å². The van der Waals surface area contributed by atoms with Crippen LogP contribution in [0.15, 0.2) is 29.2 Å². The van der Waals surface area contributed by atoms with E-state index in [0.717, 1.165) is 19.6 Å². The van der Waals surface area contributed by atoms with Crippen molar-refractivity contribution >= 4 is 15.9 Å². The van der Waals surface area contributed by atoms with Gasteiger partial charge in [-0.2, -0.15) is 4.31 Å². The highest BCUT2D eigenvalue weighted by molar-refractivity contribution is 7.89. The summed E-state index contributed by atoms with van der Waals surface area (Å²) in [7, 11) is -3.55. The number of piperazine rings is 1. The highest BCUT2D eigenvalue weighted by Crippen LogP contribution is 2.20. The average molecular weight is 381 g/mol. The predicted molar refractivity (Wildman–Crippen MR) is 98.6 cm³/mol. The van der Waals surface area contributed by atoms with Gasteiger partial charge in [0.25, 0.3) is 5.91 Å². The lowest BCUT2D eigenvalue weighted by Crippen LogP contribution is -2.48. The summed E-state index contributed by atoms with van der Waals surface area (Å²) in [5, 5.41) is 0. The zero-order valence-electron chi connectivity index (χ0n) is 15.4. The molecule has 2 aliphatic heterocycles. The molecule has 2 heterocycles. The van der Waals surface area contributed by atoms with Gasteiger partial charge in [-0.15, -0.1) is 0 Å². The molecule has 0 N–H and O–H groups in total. The van der Waals surface area contributed by atoms with E-state index >= 15 is 0 Å². The molecule has 0 aromatic heterocycles. The van der Waals surface area contributed by atoms with Gasteiger partial charge in [0.1, 0.15) is 0 Å². The molecule has 0 aliphatic carbocycles. The second kappa shape index (κ2) is 8.04. The second-order valence-electron chi connectivity index (χ2n) is 6.80. The van der Waals surface area contributed by atoms with Crippen LogP contribution in [-0.4, -0.2) is 87.0 Å². The third kappa shape index (κ3) is 4.09. The summed E-state index contributed by atoms with van der Waals surface area (Å²) < 4.78 is 32.4. The number of likely N-dealkylation sites (N-methyl/N-ethyl adjacent to an activating group) is 1. The summed E-state index contributed by atoms with van der Waals surface area (Å²) in [6, 6.07) is 6.30. The number of carbonyl (C=O) groups excluding carboxylic acids is 1. The first-order valence-electron chi connectivity index (χ1n) is 9.15. The van der Waals surface area contributed by atoms with Crippen LogP contribution in [0.1, 0.15) is 24.2 Å². The Balaban J connectivity index is 1.69. The van der Waals surface area contributed by atoms with Crippen LogP contribution < -0.4 is 0 Å².